The molecule has 1 N–H and O–H groups in total. The Hall–Kier alpha value is -1.10. The highest BCUT2D eigenvalue weighted by atomic mass is 79.9. The molecule has 0 saturated heterocycles. The first-order chi connectivity index (χ1) is 7.00. The van der Waals surface area contributed by atoms with Crippen LogP contribution in [0.1, 0.15) is 6.92 Å². The van der Waals surface area contributed by atoms with Crippen molar-refractivity contribution in [3.8, 4) is 0 Å². The molecule has 4 nitrogen and oxygen atoms in total. The quantitative estimate of drug-likeness (QED) is 0.911. The van der Waals surface area contributed by atoms with Crippen LogP contribution < -0.4 is 4.90 Å². The van der Waals surface area contributed by atoms with Gasteiger partial charge in [-0.15, -0.1) is 0 Å². The zero-order valence-electron chi connectivity index (χ0n) is 8.64. The summed E-state index contributed by atoms with van der Waals surface area (Å²) in [4.78, 5) is 16.6. The van der Waals surface area contributed by atoms with Crippen LogP contribution in [-0.4, -0.2) is 29.7 Å². The molecule has 0 aliphatic rings. The van der Waals surface area contributed by atoms with Crippen LogP contribution in [0, 0.1) is 5.92 Å². The number of nitrogens with zero attached hydrogens (tertiary/aromatic N) is 2. The zero-order chi connectivity index (χ0) is 11.4. The largest absolute Gasteiger partial charge is 0.481 e. The van der Waals surface area contributed by atoms with Gasteiger partial charge in [0, 0.05) is 24.3 Å². The lowest BCUT2D eigenvalue weighted by Crippen LogP contribution is -2.28. The number of carboxylic acids is 1. The van der Waals surface area contributed by atoms with E-state index in [1.807, 2.05) is 18.0 Å². The second kappa shape index (κ2) is 5.11. The Morgan fingerprint density at radius 2 is 2.33 bits per heavy atom. The number of pyridine rings is 1. The third-order valence-electron chi connectivity index (χ3n) is 2.10. The molecule has 0 spiro atoms. The monoisotopic (exact) mass is 272 g/mol. The zero-order valence-corrected chi connectivity index (χ0v) is 10.2. The smallest absolute Gasteiger partial charge is 0.308 e. The molecule has 0 fully saturated rings. The molecule has 1 atom stereocenters. The Labute approximate surface area is 97.1 Å². The number of hydrogen-bond acceptors (Lipinski definition) is 3. The third-order valence-corrected chi connectivity index (χ3v) is 2.53. The highest BCUT2D eigenvalue weighted by molar-refractivity contribution is 9.10. The molecule has 1 unspecified atom stereocenters. The summed E-state index contributed by atoms with van der Waals surface area (Å²) in [6.07, 6.45) is 3.40. The first kappa shape index (κ1) is 12.0. The molecular weight excluding hydrogens is 260 g/mol. The van der Waals surface area contributed by atoms with Gasteiger partial charge in [-0.3, -0.25) is 9.78 Å². The lowest BCUT2D eigenvalue weighted by Gasteiger charge is -2.21. The van der Waals surface area contributed by atoms with E-state index in [1.54, 1.807) is 19.3 Å². The van der Waals surface area contributed by atoms with Crippen LogP contribution in [0.15, 0.2) is 22.9 Å². The van der Waals surface area contributed by atoms with Gasteiger partial charge in [0.05, 0.1) is 17.8 Å². The van der Waals surface area contributed by atoms with Gasteiger partial charge in [0.1, 0.15) is 0 Å². The van der Waals surface area contributed by atoms with E-state index in [4.69, 9.17) is 5.11 Å². The number of carboxylic acid groups (broad SMARTS) is 1. The summed E-state index contributed by atoms with van der Waals surface area (Å²) in [7, 11) is 1.85. The van der Waals surface area contributed by atoms with Gasteiger partial charge >= 0.3 is 5.97 Å². The molecule has 15 heavy (non-hydrogen) atoms. The highest BCUT2D eigenvalue weighted by Gasteiger charge is 2.14. The molecular formula is C10H13BrN2O2. The molecule has 0 bridgehead atoms. The maximum atomic E-state index is 10.7. The molecule has 1 heterocycles. The third kappa shape index (κ3) is 3.51. The van der Waals surface area contributed by atoms with Gasteiger partial charge in [0.15, 0.2) is 0 Å². The van der Waals surface area contributed by atoms with Crippen LogP contribution in [0.25, 0.3) is 0 Å². The lowest BCUT2D eigenvalue weighted by molar-refractivity contribution is -0.140. The summed E-state index contributed by atoms with van der Waals surface area (Å²) in [5.41, 5.74) is 0.900. The SMILES string of the molecule is CC(CN(C)c1cncc(Br)c1)C(=O)O. The molecule has 0 aromatic carbocycles. The van der Waals surface area contributed by atoms with Gasteiger partial charge in [0.25, 0.3) is 0 Å². The molecule has 1 rings (SSSR count). The molecule has 0 radical (unpaired) electrons. The molecule has 0 aliphatic heterocycles. The summed E-state index contributed by atoms with van der Waals surface area (Å²) in [5, 5.41) is 8.78. The van der Waals surface area contributed by atoms with Crippen LogP contribution in [-0.2, 0) is 4.79 Å². The van der Waals surface area contributed by atoms with Gasteiger partial charge < -0.3 is 10.0 Å². The molecule has 1 aromatic heterocycles. The fourth-order valence-corrected chi connectivity index (χ4v) is 1.56. The molecule has 1 aromatic rings. The van der Waals surface area contributed by atoms with Crippen molar-refractivity contribution in [3.05, 3.63) is 22.9 Å². The predicted molar refractivity (Wildman–Crippen MR) is 62.0 cm³/mol. The number of rotatable bonds is 4. The number of aromatic nitrogens is 1. The van der Waals surface area contributed by atoms with Crippen molar-refractivity contribution in [1.82, 2.24) is 4.98 Å². The Bertz CT molecular complexity index is 357. The molecule has 82 valence electrons. The van der Waals surface area contributed by atoms with Crippen molar-refractivity contribution < 1.29 is 9.90 Å². The van der Waals surface area contributed by atoms with E-state index in [-0.39, 0.29) is 0 Å². The van der Waals surface area contributed by atoms with Gasteiger partial charge in [-0.05, 0) is 22.0 Å². The number of aliphatic carboxylic acids is 1. The number of halogens is 1. The van der Waals surface area contributed by atoms with Crippen molar-refractivity contribution >= 4 is 27.6 Å². The summed E-state index contributed by atoms with van der Waals surface area (Å²) in [5.74, 6) is -1.18. The minimum Gasteiger partial charge on any atom is -0.481 e. The maximum absolute atomic E-state index is 10.7. The molecule has 0 amide bonds. The maximum Gasteiger partial charge on any atom is 0.308 e. The average Bonchev–Trinajstić information content (AvgIpc) is 2.17. The second-order valence-corrected chi connectivity index (χ2v) is 4.40. The average molecular weight is 273 g/mol. The summed E-state index contributed by atoms with van der Waals surface area (Å²) in [6.45, 7) is 2.15. The number of anilines is 1. The van der Waals surface area contributed by atoms with Crippen LogP contribution in [0.4, 0.5) is 5.69 Å². The molecule has 0 saturated carbocycles. The number of hydrogen-bond donors (Lipinski definition) is 1. The fourth-order valence-electron chi connectivity index (χ4n) is 1.20. The predicted octanol–water partition coefficient (Wildman–Crippen LogP) is 2.00. The van der Waals surface area contributed by atoms with E-state index in [2.05, 4.69) is 20.9 Å². The summed E-state index contributed by atoms with van der Waals surface area (Å²) >= 11 is 3.32. The first-order valence-electron chi connectivity index (χ1n) is 4.55. The van der Waals surface area contributed by atoms with Crippen molar-refractivity contribution in [2.75, 3.05) is 18.5 Å². The minimum atomic E-state index is -0.787. The van der Waals surface area contributed by atoms with Crippen LogP contribution in [0.3, 0.4) is 0 Å². The van der Waals surface area contributed by atoms with Crippen LogP contribution in [0.5, 0.6) is 0 Å². The van der Waals surface area contributed by atoms with Crippen LogP contribution >= 0.6 is 15.9 Å². The fraction of sp³-hybridized carbons (Fsp3) is 0.400. The Balaban J connectivity index is 2.68. The molecule has 5 heteroatoms. The summed E-state index contributed by atoms with van der Waals surface area (Å²) in [6, 6.07) is 1.90. The van der Waals surface area contributed by atoms with Crippen molar-refractivity contribution in [3.63, 3.8) is 0 Å². The van der Waals surface area contributed by atoms with Crippen molar-refractivity contribution in [2.24, 2.45) is 5.92 Å². The first-order valence-corrected chi connectivity index (χ1v) is 5.34. The highest BCUT2D eigenvalue weighted by Crippen LogP contribution is 2.17. The molecule has 0 aliphatic carbocycles. The minimum absolute atomic E-state index is 0.394. The van der Waals surface area contributed by atoms with Crippen molar-refractivity contribution in [2.45, 2.75) is 6.92 Å². The Morgan fingerprint density at radius 1 is 1.67 bits per heavy atom. The van der Waals surface area contributed by atoms with E-state index in [1.165, 1.54) is 0 Å². The van der Waals surface area contributed by atoms with E-state index >= 15 is 0 Å². The topological polar surface area (TPSA) is 53.4 Å². The van der Waals surface area contributed by atoms with Gasteiger partial charge in [-0.2, -0.15) is 0 Å². The normalized spacial score (nSPS) is 12.2. The second-order valence-electron chi connectivity index (χ2n) is 3.48. The number of carbonyl (C=O) groups is 1. The lowest BCUT2D eigenvalue weighted by atomic mass is 10.1. The van der Waals surface area contributed by atoms with Crippen LogP contribution in [0.2, 0.25) is 0 Å². The Kier molecular flexibility index (Phi) is 4.08. The van der Waals surface area contributed by atoms with Crippen molar-refractivity contribution in [1.29, 1.82) is 0 Å². The van der Waals surface area contributed by atoms with E-state index in [0.717, 1.165) is 10.2 Å². The van der Waals surface area contributed by atoms with Gasteiger partial charge in [0.2, 0.25) is 0 Å². The standard InChI is InChI=1S/C10H13BrN2O2/c1-7(10(14)15)6-13(2)9-3-8(11)4-12-5-9/h3-5,7H,6H2,1-2H3,(H,14,15). The summed E-state index contributed by atoms with van der Waals surface area (Å²) < 4.78 is 0.884. The van der Waals surface area contributed by atoms with E-state index < -0.39 is 11.9 Å². The van der Waals surface area contributed by atoms with Gasteiger partial charge in [-0.25, -0.2) is 0 Å². The van der Waals surface area contributed by atoms with E-state index in [9.17, 15) is 4.79 Å². The van der Waals surface area contributed by atoms with E-state index in [0.29, 0.717) is 6.54 Å². The van der Waals surface area contributed by atoms with Gasteiger partial charge in [-0.1, -0.05) is 6.92 Å². The Morgan fingerprint density at radius 3 is 2.87 bits per heavy atom.